The highest BCUT2D eigenvalue weighted by Gasteiger charge is 2.44. The van der Waals surface area contributed by atoms with Gasteiger partial charge in [-0.2, -0.15) is 5.11 Å². The summed E-state index contributed by atoms with van der Waals surface area (Å²) in [5.41, 5.74) is 6.63. The van der Waals surface area contributed by atoms with Crippen molar-refractivity contribution >= 4 is 17.3 Å². The van der Waals surface area contributed by atoms with E-state index in [-0.39, 0.29) is 17.7 Å². The predicted molar refractivity (Wildman–Crippen MR) is 123 cm³/mol. The Bertz CT molecular complexity index is 1250. The van der Waals surface area contributed by atoms with Gasteiger partial charge >= 0.3 is 0 Å². The van der Waals surface area contributed by atoms with Crippen LogP contribution in [0.3, 0.4) is 0 Å². The van der Waals surface area contributed by atoms with Crippen LogP contribution in [0.2, 0.25) is 0 Å². The number of hydrogen-bond acceptors (Lipinski definition) is 6. The van der Waals surface area contributed by atoms with Gasteiger partial charge in [0.05, 0.1) is 19.0 Å². The number of anilines is 1. The number of nitrogens with one attached hydrogen (secondary N) is 1. The van der Waals surface area contributed by atoms with Crippen LogP contribution in [-0.2, 0) is 4.79 Å². The predicted octanol–water partition coefficient (Wildman–Crippen LogP) is 4.98. The molecule has 1 aliphatic heterocycles. The molecule has 160 valence electrons. The monoisotopic (exact) mass is 425 g/mol. The van der Waals surface area contributed by atoms with Crippen LogP contribution in [0.25, 0.3) is 11.1 Å². The molecule has 2 heterocycles. The maximum atomic E-state index is 12.9. The van der Waals surface area contributed by atoms with Gasteiger partial charge in [0, 0.05) is 28.9 Å². The van der Waals surface area contributed by atoms with Crippen molar-refractivity contribution in [3.05, 3.63) is 77.6 Å². The highest BCUT2D eigenvalue weighted by Crippen LogP contribution is 2.48. The van der Waals surface area contributed by atoms with E-state index in [1.807, 2.05) is 24.3 Å². The molecule has 0 radical (unpaired) electrons. The molecule has 2 aliphatic rings. The van der Waals surface area contributed by atoms with E-state index in [0.29, 0.717) is 12.3 Å². The van der Waals surface area contributed by atoms with Crippen molar-refractivity contribution in [3.8, 4) is 16.9 Å². The first kappa shape index (κ1) is 20.1. The molecule has 7 heteroatoms. The molecular weight excluding hydrogens is 402 g/mol. The summed E-state index contributed by atoms with van der Waals surface area (Å²) < 4.78 is 5.32. The second-order valence-corrected chi connectivity index (χ2v) is 8.16. The Morgan fingerprint density at radius 3 is 2.78 bits per heavy atom. The summed E-state index contributed by atoms with van der Waals surface area (Å²) in [5.74, 6) is 0.995. The molecule has 32 heavy (non-hydrogen) atoms. The van der Waals surface area contributed by atoms with E-state index in [1.54, 1.807) is 19.5 Å². The Morgan fingerprint density at radius 2 is 2.00 bits per heavy atom. The summed E-state index contributed by atoms with van der Waals surface area (Å²) in [5, 5.41) is 15.0. The minimum atomic E-state index is -0.00340. The standard InChI is InChI=1S/C25H23N5O2/c1-15-4-3-5-16(8-15)21-11-23(21)25(31)28-18-6-7-20(17-9-19(32-2)13-26-12-17)22(10-18)24-14-27-30-29-24/h3-10,12-13,21,23H,11,14H2,1-2H3,(H,28,31). The SMILES string of the molecule is COc1cncc(-c2ccc(NC(=O)C3CC3c3cccc(C)c3)cc2C2=NN=NC2)c1. The quantitative estimate of drug-likeness (QED) is 0.604. The first-order chi connectivity index (χ1) is 15.6. The number of pyridine rings is 1. The summed E-state index contributed by atoms with van der Waals surface area (Å²) in [6.07, 6.45) is 4.32. The van der Waals surface area contributed by atoms with Crippen LogP contribution in [0, 0.1) is 12.8 Å². The van der Waals surface area contributed by atoms with Crippen LogP contribution in [0.4, 0.5) is 5.69 Å². The zero-order valence-electron chi connectivity index (χ0n) is 17.9. The fourth-order valence-electron chi connectivity index (χ4n) is 4.13. The molecule has 1 N–H and O–H groups in total. The molecule has 5 rings (SSSR count). The van der Waals surface area contributed by atoms with Crippen molar-refractivity contribution in [2.24, 2.45) is 21.4 Å². The molecule has 1 aromatic heterocycles. The van der Waals surface area contributed by atoms with Crippen LogP contribution in [0.1, 0.15) is 29.0 Å². The average molecular weight is 425 g/mol. The minimum Gasteiger partial charge on any atom is -0.495 e. The van der Waals surface area contributed by atoms with Crippen molar-refractivity contribution in [1.82, 2.24) is 4.98 Å². The second kappa shape index (κ2) is 8.34. The van der Waals surface area contributed by atoms with E-state index in [4.69, 9.17) is 4.74 Å². The zero-order valence-corrected chi connectivity index (χ0v) is 17.9. The lowest BCUT2D eigenvalue weighted by Crippen LogP contribution is -2.15. The Labute approximate surface area is 186 Å². The molecule has 1 amide bonds. The Hall–Kier alpha value is -3.87. The number of benzene rings is 2. The molecule has 1 aliphatic carbocycles. The second-order valence-electron chi connectivity index (χ2n) is 8.16. The minimum absolute atomic E-state index is 0.00340. The fourth-order valence-corrected chi connectivity index (χ4v) is 4.13. The third-order valence-corrected chi connectivity index (χ3v) is 5.90. The van der Waals surface area contributed by atoms with E-state index in [1.165, 1.54) is 11.1 Å². The van der Waals surface area contributed by atoms with Crippen LogP contribution in [0.5, 0.6) is 5.75 Å². The Kier molecular flexibility index (Phi) is 5.23. The van der Waals surface area contributed by atoms with E-state index < -0.39 is 0 Å². The molecular formula is C25H23N5O2. The maximum Gasteiger partial charge on any atom is 0.228 e. The van der Waals surface area contributed by atoms with E-state index in [0.717, 1.165) is 34.5 Å². The number of amides is 1. The summed E-state index contributed by atoms with van der Waals surface area (Å²) in [7, 11) is 1.61. The molecule has 2 aromatic carbocycles. The molecule has 7 nitrogen and oxygen atoms in total. The van der Waals surface area contributed by atoms with Gasteiger partial charge in [0.1, 0.15) is 12.3 Å². The summed E-state index contributed by atoms with van der Waals surface area (Å²) in [4.78, 5) is 17.2. The van der Waals surface area contributed by atoms with Gasteiger partial charge in [-0.3, -0.25) is 9.78 Å². The van der Waals surface area contributed by atoms with Crippen molar-refractivity contribution in [2.75, 3.05) is 19.0 Å². The van der Waals surface area contributed by atoms with Gasteiger partial charge in [0.25, 0.3) is 0 Å². The van der Waals surface area contributed by atoms with Crippen LogP contribution >= 0.6 is 0 Å². The number of nitrogens with zero attached hydrogens (tertiary/aromatic N) is 4. The van der Waals surface area contributed by atoms with Gasteiger partial charge in [-0.25, -0.2) is 0 Å². The highest BCUT2D eigenvalue weighted by atomic mass is 16.5. The van der Waals surface area contributed by atoms with E-state index in [9.17, 15) is 4.79 Å². The molecule has 1 saturated carbocycles. The number of ether oxygens (including phenoxy) is 1. The third-order valence-electron chi connectivity index (χ3n) is 5.90. The molecule has 0 bridgehead atoms. The van der Waals surface area contributed by atoms with Crippen molar-refractivity contribution in [2.45, 2.75) is 19.3 Å². The molecule has 0 spiro atoms. The summed E-state index contributed by atoms with van der Waals surface area (Å²) in [6, 6.07) is 16.1. The number of aromatic nitrogens is 1. The lowest BCUT2D eigenvalue weighted by atomic mass is 9.96. The molecule has 2 unspecified atom stereocenters. The van der Waals surface area contributed by atoms with Crippen LogP contribution in [-0.4, -0.2) is 30.3 Å². The van der Waals surface area contributed by atoms with Gasteiger partial charge in [-0.15, -0.1) is 5.10 Å². The Balaban J connectivity index is 1.39. The zero-order chi connectivity index (χ0) is 22.1. The van der Waals surface area contributed by atoms with Crippen molar-refractivity contribution < 1.29 is 9.53 Å². The average Bonchev–Trinajstić information content (AvgIpc) is 3.44. The normalized spacial score (nSPS) is 18.9. The maximum absolute atomic E-state index is 12.9. The Morgan fingerprint density at radius 1 is 1.09 bits per heavy atom. The largest absolute Gasteiger partial charge is 0.495 e. The number of carbonyl (C=O) groups excluding carboxylic acids is 1. The first-order valence-corrected chi connectivity index (χ1v) is 10.6. The molecule has 0 saturated heterocycles. The first-order valence-electron chi connectivity index (χ1n) is 10.6. The van der Waals surface area contributed by atoms with Gasteiger partial charge in [-0.05, 0) is 53.8 Å². The van der Waals surface area contributed by atoms with Crippen LogP contribution in [0.15, 0.2) is 76.4 Å². The number of aryl methyl sites for hydroxylation is 1. The number of rotatable bonds is 6. The summed E-state index contributed by atoms with van der Waals surface area (Å²) in [6.45, 7) is 2.48. The fraction of sp³-hybridized carbons (Fsp3) is 0.240. The van der Waals surface area contributed by atoms with Gasteiger partial charge in [0.15, 0.2) is 0 Å². The number of hydrogen-bond donors (Lipinski definition) is 1. The highest BCUT2D eigenvalue weighted by molar-refractivity contribution is 6.09. The number of carbonyl (C=O) groups is 1. The third kappa shape index (κ3) is 4.01. The van der Waals surface area contributed by atoms with Gasteiger partial charge in [0.2, 0.25) is 5.91 Å². The van der Waals surface area contributed by atoms with Gasteiger partial charge in [-0.1, -0.05) is 35.9 Å². The molecule has 3 aromatic rings. The lowest BCUT2D eigenvalue weighted by molar-refractivity contribution is -0.117. The van der Waals surface area contributed by atoms with Crippen molar-refractivity contribution in [1.29, 1.82) is 0 Å². The van der Waals surface area contributed by atoms with Crippen molar-refractivity contribution in [3.63, 3.8) is 0 Å². The van der Waals surface area contributed by atoms with Gasteiger partial charge < -0.3 is 10.1 Å². The van der Waals surface area contributed by atoms with Crippen LogP contribution < -0.4 is 10.1 Å². The molecule has 2 atom stereocenters. The smallest absolute Gasteiger partial charge is 0.228 e. The number of methoxy groups -OCH3 is 1. The van der Waals surface area contributed by atoms with E-state index >= 15 is 0 Å². The van der Waals surface area contributed by atoms with E-state index in [2.05, 4.69) is 56.9 Å². The molecule has 1 fully saturated rings. The topological polar surface area (TPSA) is 88.3 Å². The lowest BCUT2D eigenvalue weighted by Gasteiger charge is -2.13. The summed E-state index contributed by atoms with van der Waals surface area (Å²) >= 11 is 0.